The Balaban J connectivity index is 1.83. The molecule has 22 heavy (non-hydrogen) atoms. The molecule has 1 N–H and O–H groups in total. The Morgan fingerprint density at radius 1 is 1.14 bits per heavy atom. The van der Waals surface area contributed by atoms with Gasteiger partial charge in [-0.15, -0.1) is 0 Å². The van der Waals surface area contributed by atoms with Crippen LogP contribution in [-0.4, -0.2) is 11.9 Å². The highest BCUT2D eigenvalue weighted by molar-refractivity contribution is 5.79. The van der Waals surface area contributed by atoms with Crippen molar-refractivity contribution in [2.24, 2.45) is 11.3 Å². The number of carbonyl (C=O) groups is 1. The molecule has 1 saturated carbocycles. The first-order valence-electron chi connectivity index (χ1n) is 8.61. The Morgan fingerprint density at radius 2 is 1.77 bits per heavy atom. The fourth-order valence-electron chi connectivity index (χ4n) is 3.60. The van der Waals surface area contributed by atoms with E-state index in [1.54, 1.807) is 0 Å². The van der Waals surface area contributed by atoms with Crippen molar-refractivity contribution in [3.8, 4) is 0 Å². The van der Waals surface area contributed by atoms with Gasteiger partial charge in [-0.05, 0) is 62.0 Å². The van der Waals surface area contributed by atoms with Crippen LogP contribution in [0.15, 0.2) is 18.2 Å². The second-order valence-corrected chi connectivity index (χ2v) is 8.09. The number of carbonyl (C=O) groups excluding carboxylic acids is 1. The quantitative estimate of drug-likeness (QED) is 0.870. The molecule has 0 heterocycles. The zero-order valence-electron chi connectivity index (χ0n) is 14.8. The van der Waals surface area contributed by atoms with Crippen molar-refractivity contribution in [1.29, 1.82) is 0 Å². The van der Waals surface area contributed by atoms with E-state index in [4.69, 9.17) is 0 Å². The Labute approximate surface area is 135 Å². The fourth-order valence-corrected chi connectivity index (χ4v) is 3.60. The highest BCUT2D eigenvalue weighted by Gasteiger charge is 2.30. The first-order chi connectivity index (χ1) is 10.3. The summed E-state index contributed by atoms with van der Waals surface area (Å²) in [4.78, 5) is 12.3. The van der Waals surface area contributed by atoms with E-state index in [0.717, 1.165) is 24.3 Å². The Hall–Kier alpha value is -1.31. The molecule has 1 aromatic carbocycles. The largest absolute Gasteiger partial charge is 0.353 e. The molecule has 0 saturated heterocycles. The van der Waals surface area contributed by atoms with Gasteiger partial charge in [0.05, 0.1) is 6.42 Å². The molecule has 2 heteroatoms. The average Bonchev–Trinajstić information content (AvgIpc) is 2.41. The predicted octanol–water partition coefficient (Wildman–Crippen LogP) is 4.57. The van der Waals surface area contributed by atoms with Gasteiger partial charge in [0, 0.05) is 6.04 Å². The maximum atomic E-state index is 12.3. The first-order valence-corrected chi connectivity index (χ1v) is 8.61. The predicted molar refractivity (Wildman–Crippen MR) is 93.0 cm³/mol. The molecule has 2 rings (SSSR count). The summed E-state index contributed by atoms with van der Waals surface area (Å²) in [5.74, 6) is 0.964. The number of hydrogen-bond donors (Lipinski definition) is 1. The number of nitrogens with one attached hydrogen (secondary N) is 1. The zero-order valence-corrected chi connectivity index (χ0v) is 14.8. The molecule has 122 valence electrons. The molecule has 1 aliphatic rings. The van der Waals surface area contributed by atoms with Crippen molar-refractivity contribution in [3.05, 3.63) is 34.9 Å². The summed E-state index contributed by atoms with van der Waals surface area (Å²) in [5, 5.41) is 3.24. The van der Waals surface area contributed by atoms with Crippen LogP contribution >= 0.6 is 0 Å². The van der Waals surface area contributed by atoms with E-state index < -0.39 is 0 Å². The maximum absolute atomic E-state index is 12.3. The first kappa shape index (κ1) is 17.1. The van der Waals surface area contributed by atoms with Crippen molar-refractivity contribution >= 4 is 5.91 Å². The molecular weight excluding hydrogens is 270 g/mol. The van der Waals surface area contributed by atoms with Crippen LogP contribution in [0.5, 0.6) is 0 Å². The summed E-state index contributed by atoms with van der Waals surface area (Å²) in [6, 6.07) is 6.69. The molecule has 0 radical (unpaired) electrons. The summed E-state index contributed by atoms with van der Waals surface area (Å²) in [6.45, 7) is 11.2. The fraction of sp³-hybridized carbons (Fsp3) is 0.650. The highest BCUT2D eigenvalue weighted by atomic mass is 16.1. The summed E-state index contributed by atoms with van der Waals surface area (Å²) in [5.41, 5.74) is 4.01. The molecule has 1 fully saturated rings. The van der Waals surface area contributed by atoms with Crippen molar-refractivity contribution in [2.75, 3.05) is 0 Å². The molecule has 2 nitrogen and oxygen atoms in total. The number of hydrogen-bond acceptors (Lipinski definition) is 1. The van der Waals surface area contributed by atoms with E-state index >= 15 is 0 Å². The number of rotatable bonds is 3. The number of benzene rings is 1. The zero-order chi connectivity index (χ0) is 16.3. The van der Waals surface area contributed by atoms with Crippen LogP contribution < -0.4 is 5.32 Å². The van der Waals surface area contributed by atoms with Crippen molar-refractivity contribution in [2.45, 2.75) is 72.8 Å². The van der Waals surface area contributed by atoms with Crippen molar-refractivity contribution < 1.29 is 4.79 Å². The summed E-state index contributed by atoms with van der Waals surface area (Å²) in [6.07, 6.45) is 5.22. The lowest BCUT2D eigenvalue weighted by Crippen LogP contribution is -2.40. The normalized spacial score (nSPS) is 22.4. The van der Waals surface area contributed by atoms with Gasteiger partial charge in [-0.3, -0.25) is 4.79 Å². The second-order valence-electron chi connectivity index (χ2n) is 8.09. The van der Waals surface area contributed by atoms with Crippen LogP contribution in [0.2, 0.25) is 0 Å². The van der Waals surface area contributed by atoms with E-state index in [1.165, 1.54) is 24.0 Å². The van der Waals surface area contributed by atoms with Gasteiger partial charge in [-0.1, -0.05) is 44.5 Å². The van der Waals surface area contributed by atoms with Gasteiger partial charge in [0.1, 0.15) is 0 Å². The lowest BCUT2D eigenvalue weighted by atomic mass is 9.71. The third-order valence-corrected chi connectivity index (χ3v) is 5.17. The van der Waals surface area contributed by atoms with Crippen LogP contribution in [0.3, 0.4) is 0 Å². The maximum Gasteiger partial charge on any atom is 0.224 e. The monoisotopic (exact) mass is 301 g/mol. The molecule has 1 aromatic rings. The molecule has 0 bridgehead atoms. The summed E-state index contributed by atoms with van der Waals surface area (Å²) >= 11 is 0. The minimum absolute atomic E-state index is 0.172. The summed E-state index contributed by atoms with van der Waals surface area (Å²) < 4.78 is 0. The number of amides is 1. The van der Waals surface area contributed by atoms with Gasteiger partial charge in [0.2, 0.25) is 5.91 Å². The smallest absolute Gasteiger partial charge is 0.224 e. The standard InChI is InChI=1S/C20H31NO/c1-14-6-7-16(15(2)12-14)13-19(22)21-18-10-8-17(9-11-18)20(3,4)5/h6-7,12,17-18H,8-11,13H2,1-5H3,(H,21,22). The molecule has 0 aliphatic heterocycles. The van der Waals surface area contributed by atoms with E-state index in [-0.39, 0.29) is 5.91 Å². The minimum Gasteiger partial charge on any atom is -0.353 e. The van der Waals surface area contributed by atoms with Gasteiger partial charge >= 0.3 is 0 Å². The number of aryl methyl sites for hydroxylation is 2. The van der Waals surface area contributed by atoms with E-state index in [0.29, 0.717) is 17.9 Å². The van der Waals surface area contributed by atoms with Crippen molar-refractivity contribution in [1.82, 2.24) is 5.32 Å². The molecule has 0 spiro atoms. The van der Waals surface area contributed by atoms with Crippen LogP contribution in [0.25, 0.3) is 0 Å². The van der Waals surface area contributed by atoms with E-state index in [9.17, 15) is 4.79 Å². The van der Waals surface area contributed by atoms with Gasteiger partial charge in [-0.25, -0.2) is 0 Å². The molecule has 0 atom stereocenters. The Kier molecular flexibility index (Phi) is 5.31. The highest BCUT2D eigenvalue weighted by Crippen LogP contribution is 2.37. The minimum atomic E-state index is 0.172. The Morgan fingerprint density at radius 3 is 2.32 bits per heavy atom. The van der Waals surface area contributed by atoms with Crippen molar-refractivity contribution in [3.63, 3.8) is 0 Å². The SMILES string of the molecule is Cc1ccc(CC(=O)NC2CCC(C(C)(C)C)CC2)c(C)c1. The third-order valence-electron chi connectivity index (χ3n) is 5.17. The lowest BCUT2D eigenvalue weighted by Gasteiger charge is -2.37. The molecular formula is C20H31NO. The Bertz CT molecular complexity index is 519. The van der Waals surface area contributed by atoms with Gasteiger partial charge in [0.25, 0.3) is 0 Å². The van der Waals surface area contributed by atoms with Gasteiger partial charge < -0.3 is 5.32 Å². The van der Waals surface area contributed by atoms with Crippen LogP contribution in [-0.2, 0) is 11.2 Å². The van der Waals surface area contributed by atoms with Gasteiger partial charge in [-0.2, -0.15) is 0 Å². The molecule has 1 aliphatic carbocycles. The summed E-state index contributed by atoms with van der Waals surface area (Å²) in [7, 11) is 0. The molecule has 0 unspecified atom stereocenters. The second kappa shape index (κ2) is 6.85. The topological polar surface area (TPSA) is 29.1 Å². The third kappa shape index (κ3) is 4.59. The van der Waals surface area contributed by atoms with Gasteiger partial charge in [0.15, 0.2) is 0 Å². The molecule has 1 amide bonds. The van der Waals surface area contributed by atoms with E-state index in [1.807, 2.05) is 0 Å². The van der Waals surface area contributed by atoms with Crippen LogP contribution in [0.4, 0.5) is 0 Å². The average molecular weight is 301 g/mol. The van der Waals surface area contributed by atoms with Crippen LogP contribution in [0.1, 0.15) is 63.1 Å². The van der Waals surface area contributed by atoms with E-state index in [2.05, 4.69) is 58.1 Å². The molecule has 0 aromatic heterocycles. The lowest BCUT2D eigenvalue weighted by molar-refractivity contribution is -0.121. The van der Waals surface area contributed by atoms with Crippen LogP contribution in [0, 0.1) is 25.2 Å².